The van der Waals surface area contributed by atoms with Crippen molar-refractivity contribution >= 4 is 11.8 Å². The van der Waals surface area contributed by atoms with Crippen LogP contribution >= 0.6 is 11.8 Å². The summed E-state index contributed by atoms with van der Waals surface area (Å²) in [4.78, 5) is 0. The number of aliphatic hydroxyl groups is 1. The van der Waals surface area contributed by atoms with Crippen molar-refractivity contribution < 1.29 is 5.11 Å². The fourth-order valence-electron chi connectivity index (χ4n) is 2.53. The molecule has 2 rings (SSSR count). The first-order valence-electron chi connectivity index (χ1n) is 5.29. The lowest BCUT2D eigenvalue weighted by Gasteiger charge is -2.45. The molecule has 2 saturated heterocycles. The van der Waals surface area contributed by atoms with Gasteiger partial charge < -0.3 is 5.11 Å². The second-order valence-corrected chi connectivity index (χ2v) is 7.25. The molecule has 2 bridgehead atoms. The third-order valence-electron chi connectivity index (χ3n) is 3.72. The summed E-state index contributed by atoms with van der Waals surface area (Å²) < 4.78 is 0. The van der Waals surface area contributed by atoms with E-state index in [1.807, 2.05) is 0 Å². The third-order valence-corrected chi connectivity index (χ3v) is 5.30. The van der Waals surface area contributed by atoms with Gasteiger partial charge in [0.15, 0.2) is 0 Å². The summed E-state index contributed by atoms with van der Waals surface area (Å²) in [6, 6.07) is 0. The lowest BCUT2D eigenvalue weighted by Crippen LogP contribution is -2.47. The van der Waals surface area contributed by atoms with Gasteiger partial charge in [0.25, 0.3) is 0 Å². The summed E-state index contributed by atoms with van der Waals surface area (Å²) in [5.41, 5.74) is -0.348. The van der Waals surface area contributed by atoms with Crippen molar-refractivity contribution in [2.75, 3.05) is 0 Å². The third kappa shape index (κ3) is 1.63. The van der Waals surface area contributed by atoms with Gasteiger partial charge in [-0.2, -0.15) is 11.8 Å². The Morgan fingerprint density at radius 2 is 1.62 bits per heavy atom. The van der Waals surface area contributed by atoms with E-state index >= 15 is 0 Å². The molecule has 2 aliphatic heterocycles. The van der Waals surface area contributed by atoms with Crippen molar-refractivity contribution in [1.29, 1.82) is 0 Å². The van der Waals surface area contributed by atoms with Gasteiger partial charge in [0.2, 0.25) is 0 Å². The smallest absolute Gasteiger partial charge is 0.0716 e. The van der Waals surface area contributed by atoms with Gasteiger partial charge >= 0.3 is 0 Å². The molecule has 2 aliphatic rings. The van der Waals surface area contributed by atoms with Crippen molar-refractivity contribution in [1.82, 2.24) is 0 Å². The van der Waals surface area contributed by atoms with Crippen LogP contribution in [0.3, 0.4) is 0 Å². The first-order valence-corrected chi connectivity index (χ1v) is 6.23. The van der Waals surface area contributed by atoms with E-state index in [9.17, 15) is 5.11 Å². The van der Waals surface area contributed by atoms with Gasteiger partial charge in [-0.25, -0.2) is 0 Å². The topological polar surface area (TPSA) is 20.2 Å². The van der Waals surface area contributed by atoms with Gasteiger partial charge in [-0.1, -0.05) is 20.8 Å². The maximum Gasteiger partial charge on any atom is 0.0716 e. The maximum absolute atomic E-state index is 10.6. The molecule has 0 aromatic heterocycles. The van der Waals surface area contributed by atoms with E-state index < -0.39 is 5.60 Å². The Labute approximate surface area is 85.3 Å². The minimum atomic E-state index is -0.399. The van der Waals surface area contributed by atoms with Crippen molar-refractivity contribution in [3.63, 3.8) is 0 Å². The highest BCUT2D eigenvalue weighted by Crippen LogP contribution is 2.52. The standard InChI is InChI=1S/C11H20OS/c1-10(2,3)11(12)6-8-4-5-9(7-11)13-8/h8-9,12H,4-7H2,1-3H3/t8-,9+,11+. The zero-order valence-corrected chi connectivity index (χ0v) is 9.66. The molecule has 0 aliphatic carbocycles. The number of rotatable bonds is 0. The van der Waals surface area contributed by atoms with E-state index in [1.165, 1.54) is 12.8 Å². The summed E-state index contributed by atoms with van der Waals surface area (Å²) in [5.74, 6) is 0. The summed E-state index contributed by atoms with van der Waals surface area (Å²) in [6.45, 7) is 6.51. The average molecular weight is 200 g/mol. The average Bonchev–Trinajstić information content (AvgIpc) is 2.28. The SMILES string of the molecule is CC(C)(C)[C@]1(O)C[C@H]2CC[C@@H](C1)S2. The quantitative estimate of drug-likeness (QED) is 0.649. The van der Waals surface area contributed by atoms with Gasteiger partial charge in [-0.05, 0) is 31.1 Å². The molecule has 0 aromatic carbocycles. The molecular weight excluding hydrogens is 180 g/mol. The van der Waals surface area contributed by atoms with E-state index in [0.717, 1.165) is 23.3 Å². The van der Waals surface area contributed by atoms with Crippen LogP contribution in [0.25, 0.3) is 0 Å². The molecular formula is C11H20OS. The second-order valence-electron chi connectivity index (χ2n) is 5.65. The lowest BCUT2D eigenvalue weighted by molar-refractivity contribution is -0.0701. The Morgan fingerprint density at radius 3 is 2.00 bits per heavy atom. The Kier molecular flexibility index (Phi) is 2.20. The van der Waals surface area contributed by atoms with Gasteiger partial charge in [0.1, 0.15) is 0 Å². The van der Waals surface area contributed by atoms with Crippen LogP contribution in [0.5, 0.6) is 0 Å². The number of fused-ring (bicyclic) bond motifs is 2. The highest BCUT2D eigenvalue weighted by molar-refractivity contribution is 8.00. The predicted molar refractivity (Wildman–Crippen MR) is 58.0 cm³/mol. The number of thioether (sulfide) groups is 1. The van der Waals surface area contributed by atoms with Crippen LogP contribution in [0.1, 0.15) is 46.5 Å². The van der Waals surface area contributed by atoms with Gasteiger partial charge in [-0.3, -0.25) is 0 Å². The summed E-state index contributed by atoms with van der Waals surface area (Å²) in [6.07, 6.45) is 4.68. The van der Waals surface area contributed by atoms with Gasteiger partial charge in [0, 0.05) is 10.5 Å². The fourth-order valence-corrected chi connectivity index (χ4v) is 4.36. The molecule has 76 valence electrons. The van der Waals surface area contributed by atoms with E-state index in [1.54, 1.807) is 0 Å². The number of hydrogen-bond donors (Lipinski definition) is 1. The molecule has 2 fully saturated rings. The van der Waals surface area contributed by atoms with Crippen LogP contribution in [0.2, 0.25) is 0 Å². The molecule has 2 heterocycles. The Hall–Kier alpha value is 0.310. The molecule has 0 spiro atoms. The fraction of sp³-hybridized carbons (Fsp3) is 1.00. The highest BCUT2D eigenvalue weighted by atomic mass is 32.2. The summed E-state index contributed by atoms with van der Waals surface area (Å²) in [5, 5.41) is 12.1. The summed E-state index contributed by atoms with van der Waals surface area (Å²) in [7, 11) is 0. The minimum Gasteiger partial charge on any atom is -0.389 e. The van der Waals surface area contributed by atoms with Crippen LogP contribution in [0.4, 0.5) is 0 Å². The zero-order chi connectivity index (χ0) is 9.69. The molecule has 13 heavy (non-hydrogen) atoms. The maximum atomic E-state index is 10.6. The molecule has 0 radical (unpaired) electrons. The monoisotopic (exact) mass is 200 g/mol. The second kappa shape index (κ2) is 2.90. The Bertz CT molecular complexity index is 195. The number of hydrogen-bond acceptors (Lipinski definition) is 2. The normalized spacial score (nSPS) is 45.2. The van der Waals surface area contributed by atoms with E-state index in [4.69, 9.17) is 0 Å². The predicted octanol–water partition coefficient (Wildman–Crippen LogP) is 2.82. The summed E-state index contributed by atoms with van der Waals surface area (Å²) >= 11 is 2.11. The van der Waals surface area contributed by atoms with Crippen LogP contribution in [-0.4, -0.2) is 21.2 Å². The molecule has 1 nitrogen and oxygen atoms in total. The molecule has 1 N–H and O–H groups in total. The molecule has 0 saturated carbocycles. The first-order chi connectivity index (χ1) is 5.91. The minimum absolute atomic E-state index is 0.0504. The van der Waals surface area contributed by atoms with Crippen LogP contribution in [0.15, 0.2) is 0 Å². The van der Waals surface area contributed by atoms with Crippen LogP contribution in [-0.2, 0) is 0 Å². The molecule has 0 aromatic rings. The van der Waals surface area contributed by atoms with Gasteiger partial charge in [-0.15, -0.1) is 0 Å². The van der Waals surface area contributed by atoms with Crippen molar-refractivity contribution in [2.24, 2.45) is 5.41 Å². The van der Waals surface area contributed by atoms with E-state index in [2.05, 4.69) is 32.5 Å². The molecule has 0 unspecified atom stereocenters. The van der Waals surface area contributed by atoms with E-state index in [-0.39, 0.29) is 5.41 Å². The van der Waals surface area contributed by atoms with Crippen molar-refractivity contribution in [2.45, 2.75) is 62.6 Å². The van der Waals surface area contributed by atoms with Crippen LogP contribution < -0.4 is 0 Å². The van der Waals surface area contributed by atoms with Crippen molar-refractivity contribution in [3.8, 4) is 0 Å². The zero-order valence-electron chi connectivity index (χ0n) is 8.84. The largest absolute Gasteiger partial charge is 0.389 e. The lowest BCUT2D eigenvalue weighted by atomic mass is 9.72. The Balaban J connectivity index is 2.17. The van der Waals surface area contributed by atoms with Gasteiger partial charge in [0.05, 0.1) is 5.60 Å². The van der Waals surface area contributed by atoms with E-state index in [0.29, 0.717) is 0 Å². The Morgan fingerprint density at radius 1 is 1.15 bits per heavy atom. The van der Waals surface area contributed by atoms with Crippen LogP contribution in [0, 0.1) is 5.41 Å². The molecule has 0 amide bonds. The molecule has 3 atom stereocenters. The molecule has 2 heteroatoms. The first kappa shape index (κ1) is 9.85. The van der Waals surface area contributed by atoms with Crippen molar-refractivity contribution in [3.05, 3.63) is 0 Å². The highest BCUT2D eigenvalue weighted by Gasteiger charge is 2.49.